The van der Waals surface area contributed by atoms with Crippen molar-refractivity contribution in [2.75, 3.05) is 0 Å². The Labute approximate surface area is 245 Å². The van der Waals surface area contributed by atoms with Gasteiger partial charge in [-0.15, -0.1) is 0 Å². The van der Waals surface area contributed by atoms with Crippen LogP contribution in [0.4, 0.5) is 0 Å². The molecule has 9 nitrogen and oxygen atoms in total. The zero-order valence-electron chi connectivity index (χ0n) is 23.0. The summed E-state index contributed by atoms with van der Waals surface area (Å²) in [5, 5.41) is 20.1. The van der Waals surface area contributed by atoms with Gasteiger partial charge in [-0.1, -0.05) is 42.5 Å². The molecule has 10 heteroatoms. The minimum absolute atomic E-state index is 0.0589. The number of aryl methyl sites for hydroxylation is 2. The Morgan fingerprint density at radius 3 is 2.40 bits per heavy atom. The van der Waals surface area contributed by atoms with E-state index in [0.717, 1.165) is 40.7 Å². The molecule has 6 aliphatic rings. The highest BCUT2D eigenvalue weighted by atomic mass is 32.2. The zero-order valence-corrected chi connectivity index (χ0v) is 23.8. The van der Waals surface area contributed by atoms with Crippen molar-refractivity contribution in [2.24, 2.45) is 28.3 Å². The Kier molecular flexibility index (Phi) is 7.46. The predicted molar refractivity (Wildman–Crippen MR) is 160 cm³/mol. The van der Waals surface area contributed by atoms with Crippen LogP contribution in [-0.2, 0) is 23.0 Å². The maximum atomic E-state index is 13.1. The van der Waals surface area contributed by atoms with Crippen molar-refractivity contribution in [2.45, 2.75) is 55.6 Å². The van der Waals surface area contributed by atoms with Gasteiger partial charge in [0.1, 0.15) is 17.6 Å². The number of phenolic OH excluding ortho intramolecular Hbond substituents is 1. The Bertz CT molecular complexity index is 1630. The number of guanidine groups is 1. The van der Waals surface area contributed by atoms with Gasteiger partial charge in [0.05, 0.1) is 5.25 Å². The van der Waals surface area contributed by atoms with Crippen molar-refractivity contribution in [3.8, 4) is 11.5 Å². The van der Waals surface area contributed by atoms with Crippen molar-refractivity contribution < 1.29 is 27.9 Å². The number of rotatable bonds is 4. The van der Waals surface area contributed by atoms with Gasteiger partial charge >= 0.3 is 0 Å². The summed E-state index contributed by atoms with van der Waals surface area (Å²) in [6, 6.07) is 19.7. The van der Waals surface area contributed by atoms with Crippen molar-refractivity contribution in [3.05, 3.63) is 106 Å². The molecule has 0 amide bonds. The highest BCUT2D eigenvalue weighted by molar-refractivity contribution is 7.86. The molecule has 0 radical (unpaired) electrons. The minimum Gasteiger partial charge on any atom is -0.508 e. The number of nitrogens with zero attached hydrogens (tertiary/aromatic N) is 1. The number of ether oxygens (including phenoxy) is 1. The van der Waals surface area contributed by atoms with E-state index in [2.05, 4.69) is 4.99 Å². The lowest BCUT2D eigenvalue weighted by atomic mass is 9.62. The molecule has 7 N–H and O–H groups in total. The van der Waals surface area contributed by atoms with Crippen LogP contribution in [0.25, 0.3) is 0 Å². The molecular formula is C32H35N3O6S. The SMILES string of the molecule is NC(N)=NC1Oc2ccc(cc2)CCC(S(=O)(=O)O)C2C=C(C(O)c3ccc(O)cc3)CC3CCc4cc1ccc4C32. The second-order valence-electron chi connectivity index (χ2n) is 11.6. The lowest BCUT2D eigenvalue weighted by molar-refractivity contribution is 0.184. The summed E-state index contributed by atoms with van der Waals surface area (Å²) >= 11 is 0. The van der Waals surface area contributed by atoms with Gasteiger partial charge in [-0.05, 0) is 102 Å². The first-order valence-corrected chi connectivity index (χ1v) is 15.7. The summed E-state index contributed by atoms with van der Waals surface area (Å²) < 4.78 is 42.9. The number of allylic oxidation sites excluding steroid dienone is 1. The molecule has 3 aromatic carbocycles. The van der Waals surface area contributed by atoms with Crippen LogP contribution in [0.5, 0.6) is 11.5 Å². The number of aliphatic hydroxyl groups excluding tert-OH is 1. The van der Waals surface area contributed by atoms with E-state index < -0.39 is 33.6 Å². The van der Waals surface area contributed by atoms with Crippen LogP contribution in [0.15, 0.2) is 83.4 Å². The number of benzene rings is 3. The number of phenols is 1. The van der Waals surface area contributed by atoms with E-state index >= 15 is 0 Å². The molecule has 6 unspecified atom stereocenters. The average molecular weight is 590 g/mol. The van der Waals surface area contributed by atoms with Crippen LogP contribution in [0.2, 0.25) is 0 Å². The van der Waals surface area contributed by atoms with Crippen LogP contribution in [0.3, 0.4) is 0 Å². The smallest absolute Gasteiger partial charge is 0.268 e. The molecule has 0 spiro atoms. The van der Waals surface area contributed by atoms with E-state index in [1.807, 2.05) is 36.4 Å². The standard InChI is InChI=1S/C32H35N3O6S/c33-32(34)35-31-22-8-13-26-20(15-22)4-5-21-16-23(30(37)19-6-9-24(36)10-7-19)17-27(29(21)26)28(42(38,39)40)14-3-18-1-11-25(41-31)12-2-18/h1-2,6-13,15,17,21,27-31,36-37H,3-5,14,16H2,(H4,33,34,35)(H,38,39,40). The summed E-state index contributed by atoms with van der Waals surface area (Å²) in [5.74, 6) is -0.124. The van der Waals surface area contributed by atoms with Gasteiger partial charge in [0, 0.05) is 11.5 Å². The van der Waals surface area contributed by atoms with E-state index in [4.69, 9.17) is 16.2 Å². The van der Waals surface area contributed by atoms with Crippen molar-refractivity contribution in [1.29, 1.82) is 0 Å². The Balaban J connectivity index is 1.51. The van der Waals surface area contributed by atoms with Gasteiger partial charge in [-0.2, -0.15) is 8.42 Å². The fourth-order valence-electron chi connectivity index (χ4n) is 7.00. The minimum atomic E-state index is -4.46. The summed E-state index contributed by atoms with van der Waals surface area (Å²) in [4.78, 5) is 4.34. The third-order valence-electron chi connectivity index (χ3n) is 8.95. The third kappa shape index (κ3) is 5.62. The highest BCUT2D eigenvalue weighted by Gasteiger charge is 2.45. The molecule has 0 fully saturated rings. The first-order chi connectivity index (χ1) is 20.1. The molecule has 3 aromatic rings. The fourth-order valence-corrected chi connectivity index (χ4v) is 8.06. The number of hydrogen-bond donors (Lipinski definition) is 5. The van der Waals surface area contributed by atoms with Crippen LogP contribution in [0, 0.1) is 11.8 Å². The number of nitrogens with two attached hydrogens (primary N) is 2. The van der Waals surface area contributed by atoms with Gasteiger partial charge in [0.25, 0.3) is 10.1 Å². The Morgan fingerprint density at radius 1 is 0.976 bits per heavy atom. The van der Waals surface area contributed by atoms with Crippen LogP contribution in [0.1, 0.15) is 65.3 Å². The highest BCUT2D eigenvalue weighted by Crippen LogP contribution is 2.52. The summed E-state index contributed by atoms with van der Waals surface area (Å²) in [6.45, 7) is 0. The van der Waals surface area contributed by atoms with Gasteiger partial charge in [0.2, 0.25) is 6.23 Å². The largest absolute Gasteiger partial charge is 0.508 e. The molecule has 6 atom stereocenters. The first-order valence-electron chi connectivity index (χ1n) is 14.2. The van der Waals surface area contributed by atoms with E-state index in [-0.39, 0.29) is 30.0 Å². The molecule has 0 aromatic heterocycles. The molecule has 6 bridgehead atoms. The van der Waals surface area contributed by atoms with Crippen LogP contribution < -0.4 is 16.2 Å². The van der Waals surface area contributed by atoms with Crippen LogP contribution >= 0.6 is 0 Å². The van der Waals surface area contributed by atoms with Gasteiger partial charge in [-0.3, -0.25) is 4.55 Å². The topological polar surface area (TPSA) is 168 Å². The average Bonchev–Trinajstić information content (AvgIpc) is 2.96. The zero-order chi connectivity index (χ0) is 29.6. The second kappa shape index (κ2) is 11.1. The Morgan fingerprint density at radius 2 is 1.71 bits per heavy atom. The van der Waals surface area contributed by atoms with E-state index in [9.17, 15) is 23.2 Å². The fraction of sp³-hybridized carbons (Fsp3) is 0.344. The normalized spacial score (nSPS) is 25.9. The number of aromatic hydroxyl groups is 1. The summed E-state index contributed by atoms with van der Waals surface area (Å²) in [5.41, 5.74) is 16.6. The monoisotopic (exact) mass is 589 g/mol. The molecule has 0 saturated heterocycles. The number of hydrogen-bond acceptors (Lipinski definition) is 6. The first kappa shape index (κ1) is 28.3. The van der Waals surface area contributed by atoms with Gasteiger partial charge in [-0.25, -0.2) is 4.99 Å². The van der Waals surface area contributed by atoms with Gasteiger partial charge in [0.15, 0.2) is 5.96 Å². The molecule has 2 aliphatic carbocycles. The lowest BCUT2D eigenvalue weighted by Gasteiger charge is -2.44. The molecule has 4 aliphatic heterocycles. The quantitative estimate of drug-likeness (QED) is 0.130. The number of aliphatic hydroxyl groups is 1. The molecule has 220 valence electrons. The summed E-state index contributed by atoms with van der Waals surface area (Å²) in [7, 11) is -4.46. The van der Waals surface area contributed by atoms with Crippen molar-refractivity contribution in [1.82, 2.24) is 0 Å². The van der Waals surface area contributed by atoms with Crippen molar-refractivity contribution in [3.63, 3.8) is 0 Å². The lowest BCUT2D eigenvalue weighted by Crippen LogP contribution is -2.40. The molecule has 0 saturated carbocycles. The predicted octanol–water partition coefficient (Wildman–Crippen LogP) is 4.27. The summed E-state index contributed by atoms with van der Waals surface area (Å²) in [6.07, 6.45) is 2.91. The molecule has 42 heavy (non-hydrogen) atoms. The van der Waals surface area contributed by atoms with Crippen molar-refractivity contribution >= 4 is 16.1 Å². The molecular weight excluding hydrogens is 554 g/mol. The number of aliphatic imine (C=N–C) groups is 1. The molecule has 4 heterocycles. The third-order valence-corrected chi connectivity index (χ3v) is 10.3. The Hall–Kier alpha value is -3.86. The van der Waals surface area contributed by atoms with E-state index in [1.54, 1.807) is 24.3 Å². The second-order valence-corrected chi connectivity index (χ2v) is 13.2. The van der Waals surface area contributed by atoms with E-state index in [1.165, 1.54) is 12.1 Å². The van der Waals surface area contributed by atoms with E-state index in [0.29, 0.717) is 24.2 Å². The van der Waals surface area contributed by atoms with Gasteiger partial charge < -0.3 is 26.4 Å². The maximum absolute atomic E-state index is 13.1. The maximum Gasteiger partial charge on any atom is 0.268 e. The van der Waals surface area contributed by atoms with Crippen LogP contribution in [-0.4, -0.2) is 34.4 Å². The molecule has 9 rings (SSSR count).